The molecule has 0 unspecified atom stereocenters. The molecular weight excluding hydrogens is 288 g/mol. The molecule has 1 saturated carbocycles. The molecule has 1 aromatic rings. The molecule has 2 fully saturated rings. The molecule has 124 valence electrons. The average Bonchev–Trinajstić information content (AvgIpc) is 2.63. The highest BCUT2D eigenvalue weighted by molar-refractivity contribution is 5.97. The quantitative estimate of drug-likeness (QED) is 0.921. The number of piperidine rings is 1. The number of benzene rings is 1. The Kier molecular flexibility index (Phi) is 5.31. The van der Waals surface area contributed by atoms with Gasteiger partial charge in [0, 0.05) is 30.3 Å². The first-order valence-electron chi connectivity index (χ1n) is 8.94. The number of carbonyl (C=O) groups excluding carboxylic acids is 2. The van der Waals surface area contributed by atoms with E-state index in [1.165, 1.54) is 12.8 Å². The Bertz CT molecular complexity index is 558. The van der Waals surface area contributed by atoms with Crippen LogP contribution in [0.1, 0.15) is 61.7 Å². The second-order valence-electron chi connectivity index (χ2n) is 6.76. The van der Waals surface area contributed by atoms with Gasteiger partial charge < -0.3 is 10.2 Å². The van der Waals surface area contributed by atoms with E-state index in [1.807, 2.05) is 29.2 Å². The van der Waals surface area contributed by atoms with Crippen LogP contribution in [0, 0.1) is 5.92 Å². The summed E-state index contributed by atoms with van der Waals surface area (Å²) in [5.74, 6) is 0.316. The van der Waals surface area contributed by atoms with Crippen LogP contribution in [0.4, 0.5) is 5.69 Å². The highest BCUT2D eigenvalue weighted by Crippen LogP contribution is 2.25. The molecular formula is C19H26N2O2. The molecule has 0 radical (unpaired) electrons. The summed E-state index contributed by atoms with van der Waals surface area (Å²) < 4.78 is 0. The summed E-state index contributed by atoms with van der Waals surface area (Å²) in [7, 11) is 0. The normalized spacial score (nSPS) is 19.4. The number of rotatable bonds is 3. The van der Waals surface area contributed by atoms with Crippen molar-refractivity contribution in [1.29, 1.82) is 0 Å². The predicted octanol–water partition coefficient (Wildman–Crippen LogP) is 3.83. The van der Waals surface area contributed by atoms with Gasteiger partial charge in [-0.05, 0) is 50.3 Å². The van der Waals surface area contributed by atoms with Crippen molar-refractivity contribution in [3.63, 3.8) is 0 Å². The van der Waals surface area contributed by atoms with Gasteiger partial charge in [0.15, 0.2) is 0 Å². The first-order chi connectivity index (χ1) is 11.2. The van der Waals surface area contributed by atoms with E-state index in [4.69, 9.17) is 0 Å². The van der Waals surface area contributed by atoms with E-state index in [2.05, 4.69) is 5.32 Å². The van der Waals surface area contributed by atoms with Gasteiger partial charge in [-0.15, -0.1) is 0 Å². The number of nitrogens with one attached hydrogen (secondary N) is 1. The molecule has 1 aliphatic heterocycles. The van der Waals surface area contributed by atoms with Crippen LogP contribution in [0.15, 0.2) is 24.3 Å². The molecule has 1 saturated heterocycles. The smallest absolute Gasteiger partial charge is 0.253 e. The van der Waals surface area contributed by atoms with Gasteiger partial charge >= 0.3 is 0 Å². The molecule has 0 spiro atoms. The molecule has 2 amide bonds. The Hall–Kier alpha value is -1.84. The van der Waals surface area contributed by atoms with Gasteiger partial charge in [0.2, 0.25) is 5.91 Å². The third-order valence-electron chi connectivity index (χ3n) is 5.00. The maximum absolute atomic E-state index is 12.6. The fourth-order valence-electron chi connectivity index (χ4n) is 3.62. The van der Waals surface area contributed by atoms with Gasteiger partial charge in [-0.2, -0.15) is 0 Å². The Morgan fingerprint density at radius 1 is 0.957 bits per heavy atom. The molecule has 0 atom stereocenters. The third-order valence-corrected chi connectivity index (χ3v) is 5.00. The lowest BCUT2D eigenvalue weighted by Crippen LogP contribution is -2.35. The maximum atomic E-state index is 12.6. The molecule has 1 aromatic carbocycles. The van der Waals surface area contributed by atoms with Crippen LogP contribution in [0.25, 0.3) is 0 Å². The summed E-state index contributed by atoms with van der Waals surface area (Å²) in [5.41, 5.74) is 1.41. The van der Waals surface area contributed by atoms with Gasteiger partial charge in [0.05, 0.1) is 0 Å². The van der Waals surface area contributed by atoms with Gasteiger partial charge in [-0.25, -0.2) is 0 Å². The number of likely N-dealkylation sites (tertiary alicyclic amines) is 1. The number of hydrogen-bond acceptors (Lipinski definition) is 2. The van der Waals surface area contributed by atoms with Crippen LogP contribution in [0.5, 0.6) is 0 Å². The van der Waals surface area contributed by atoms with Crippen molar-refractivity contribution in [1.82, 2.24) is 4.90 Å². The monoisotopic (exact) mass is 314 g/mol. The largest absolute Gasteiger partial charge is 0.339 e. The lowest BCUT2D eigenvalue weighted by molar-refractivity contribution is -0.120. The topological polar surface area (TPSA) is 49.4 Å². The van der Waals surface area contributed by atoms with E-state index in [-0.39, 0.29) is 17.7 Å². The van der Waals surface area contributed by atoms with Crippen molar-refractivity contribution in [2.75, 3.05) is 18.4 Å². The van der Waals surface area contributed by atoms with Crippen LogP contribution in [0.3, 0.4) is 0 Å². The predicted molar refractivity (Wildman–Crippen MR) is 91.4 cm³/mol. The zero-order valence-corrected chi connectivity index (χ0v) is 13.7. The Morgan fingerprint density at radius 3 is 2.39 bits per heavy atom. The molecule has 23 heavy (non-hydrogen) atoms. The van der Waals surface area contributed by atoms with Gasteiger partial charge in [0.25, 0.3) is 5.91 Å². The first-order valence-corrected chi connectivity index (χ1v) is 8.94. The SMILES string of the molecule is O=C(Nc1cccc(C(=O)N2CCCCC2)c1)C1CCCCC1. The van der Waals surface area contributed by atoms with Crippen LogP contribution in [-0.2, 0) is 4.79 Å². The Balaban J connectivity index is 1.64. The molecule has 4 nitrogen and oxygen atoms in total. The van der Waals surface area contributed by atoms with Crippen LogP contribution in [0.2, 0.25) is 0 Å². The molecule has 2 aliphatic rings. The molecule has 0 bridgehead atoms. The maximum Gasteiger partial charge on any atom is 0.253 e. The van der Waals surface area contributed by atoms with E-state index in [0.717, 1.165) is 57.3 Å². The summed E-state index contributed by atoms with van der Waals surface area (Å²) in [5, 5.41) is 3.00. The second-order valence-corrected chi connectivity index (χ2v) is 6.76. The molecule has 0 aromatic heterocycles. The lowest BCUT2D eigenvalue weighted by atomic mass is 9.88. The molecule has 1 aliphatic carbocycles. The molecule has 4 heteroatoms. The standard InChI is InChI=1S/C19H26N2O2/c22-18(15-8-3-1-4-9-15)20-17-11-7-10-16(14-17)19(23)21-12-5-2-6-13-21/h7,10-11,14-15H,1-6,8-9,12-13H2,(H,20,22). The summed E-state index contributed by atoms with van der Waals surface area (Å²) in [6.45, 7) is 1.69. The third kappa shape index (κ3) is 4.12. The average molecular weight is 314 g/mol. The van der Waals surface area contributed by atoms with Crippen LogP contribution >= 0.6 is 0 Å². The Morgan fingerprint density at radius 2 is 1.65 bits per heavy atom. The van der Waals surface area contributed by atoms with Gasteiger partial charge in [-0.3, -0.25) is 9.59 Å². The number of carbonyl (C=O) groups is 2. The zero-order chi connectivity index (χ0) is 16.1. The van der Waals surface area contributed by atoms with Crippen molar-refractivity contribution in [3.05, 3.63) is 29.8 Å². The van der Waals surface area contributed by atoms with Crippen molar-refractivity contribution in [2.24, 2.45) is 5.92 Å². The highest BCUT2D eigenvalue weighted by atomic mass is 16.2. The van der Waals surface area contributed by atoms with Crippen molar-refractivity contribution in [3.8, 4) is 0 Å². The summed E-state index contributed by atoms with van der Waals surface area (Å²) in [6.07, 6.45) is 8.88. The van der Waals surface area contributed by atoms with Crippen LogP contribution in [-0.4, -0.2) is 29.8 Å². The minimum Gasteiger partial charge on any atom is -0.339 e. The van der Waals surface area contributed by atoms with E-state index in [9.17, 15) is 9.59 Å². The zero-order valence-electron chi connectivity index (χ0n) is 13.7. The van der Waals surface area contributed by atoms with Crippen LogP contribution < -0.4 is 5.32 Å². The number of nitrogens with zero attached hydrogens (tertiary/aromatic N) is 1. The molecule has 3 rings (SSSR count). The van der Waals surface area contributed by atoms with Crippen molar-refractivity contribution >= 4 is 17.5 Å². The highest BCUT2D eigenvalue weighted by Gasteiger charge is 2.22. The number of anilines is 1. The van der Waals surface area contributed by atoms with Gasteiger partial charge in [-0.1, -0.05) is 25.3 Å². The summed E-state index contributed by atoms with van der Waals surface area (Å²) >= 11 is 0. The van der Waals surface area contributed by atoms with E-state index >= 15 is 0 Å². The fourth-order valence-corrected chi connectivity index (χ4v) is 3.62. The lowest BCUT2D eigenvalue weighted by Gasteiger charge is -2.27. The minimum atomic E-state index is 0.0819. The van der Waals surface area contributed by atoms with E-state index in [1.54, 1.807) is 0 Å². The van der Waals surface area contributed by atoms with E-state index < -0.39 is 0 Å². The number of amides is 2. The molecule has 1 N–H and O–H groups in total. The second kappa shape index (κ2) is 7.62. The van der Waals surface area contributed by atoms with Crippen molar-refractivity contribution in [2.45, 2.75) is 51.4 Å². The minimum absolute atomic E-state index is 0.0819. The summed E-state index contributed by atoms with van der Waals surface area (Å²) in [6, 6.07) is 7.38. The fraction of sp³-hybridized carbons (Fsp3) is 0.579. The van der Waals surface area contributed by atoms with Gasteiger partial charge in [0.1, 0.15) is 0 Å². The van der Waals surface area contributed by atoms with E-state index in [0.29, 0.717) is 5.56 Å². The molecule has 1 heterocycles. The number of hydrogen-bond donors (Lipinski definition) is 1. The Labute approximate surface area is 138 Å². The summed E-state index contributed by atoms with van der Waals surface area (Å²) in [4.78, 5) is 26.8. The van der Waals surface area contributed by atoms with Crippen molar-refractivity contribution < 1.29 is 9.59 Å². The first kappa shape index (κ1) is 16.0.